The van der Waals surface area contributed by atoms with Crippen LogP contribution in [0.15, 0.2) is 48.5 Å². The molecule has 4 nitrogen and oxygen atoms in total. The van der Waals surface area contributed by atoms with Crippen LogP contribution in [0.25, 0.3) is 22.4 Å². The molecule has 5 rings (SSSR count). The average Bonchev–Trinajstić information content (AvgIpc) is 3.25. The zero-order chi connectivity index (χ0) is 22.6. The zero-order valence-electron chi connectivity index (χ0n) is 19.9. The van der Waals surface area contributed by atoms with Crippen molar-refractivity contribution in [2.24, 2.45) is 5.92 Å². The number of hydrogen-bond acceptors (Lipinski definition) is 2. The van der Waals surface area contributed by atoms with Gasteiger partial charge >= 0.3 is 0 Å². The van der Waals surface area contributed by atoms with Gasteiger partial charge in [-0.05, 0) is 55.7 Å². The van der Waals surface area contributed by atoms with Gasteiger partial charge < -0.3 is 9.88 Å². The van der Waals surface area contributed by atoms with Crippen LogP contribution >= 0.6 is 0 Å². The predicted octanol–water partition coefficient (Wildman–Crippen LogP) is 6.84. The number of benzene rings is 2. The molecule has 3 aromatic rings. The molecule has 2 aliphatic rings. The van der Waals surface area contributed by atoms with E-state index in [9.17, 15) is 4.79 Å². The van der Waals surface area contributed by atoms with E-state index in [2.05, 4.69) is 59.3 Å². The van der Waals surface area contributed by atoms with Crippen LogP contribution in [0.4, 0.5) is 0 Å². The van der Waals surface area contributed by atoms with Crippen molar-refractivity contribution in [3.05, 3.63) is 54.1 Å². The molecular formula is C29H37N3O. The highest BCUT2D eigenvalue weighted by Crippen LogP contribution is 2.38. The molecule has 174 valence electrons. The molecule has 0 aliphatic heterocycles. The van der Waals surface area contributed by atoms with E-state index in [1.54, 1.807) is 0 Å². The van der Waals surface area contributed by atoms with Gasteiger partial charge in [0.05, 0.1) is 11.0 Å². The Balaban J connectivity index is 1.60. The molecule has 33 heavy (non-hydrogen) atoms. The summed E-state index contributed by atoms with van der Waals surface area (Å²) in [4.78, 5) is 19.0. The number of hydrogen-bond donors (Lipinski definition) is 1. The van der Waals surface area contributed by atoms with Crippen LogP contribution in [0.1, 0.15) is 82.7 Å². The number of amides is 1. The molecule has 2 fully saturated rings. The summed E-state index contributed by atoms with van der Waals surface area (Å²) in [5.41, 5.74) is 4.45. The minimum atomic E-state index is -0.208. The molecule has 2 aliphatic carbocycles. The number of aromatic nitrogens is 2. The van der Waals surface area contributed by atoms with E-state index in [1.165, 1.54) is 44.1 Å². The second-order valence-electron chi connectivity index (χ2n) is 10.0. The SMILES string of the molecule is CCc1ccc(-c2nc3ccccc3n2[C@H](C(=O)NC2CCCCC2)C2CCCCC2)cc1. The maximum absolute atomic E-state index is 14.0. The lowest BCUT2D eigenvalue weighted by Crippen LogP contribution is -2.43. The molecule has 1 N–H and O–H groups in total. The maximum Gasteiger partial charge on any atom is 0.243 e. The fourth-order valence-corrected chi connectivity index (χ4v) is 5.94. The van der Waals surface area contributed by atoms with Crippen molar-refractivity contribution >= 4 is 16.9 Å². The summed E-state index contributed by atoms with van der Waals surface area (Å²) in [7, 11) is 0. The van der Waals surface area contributed by atoms with Gasteiger partial charge in [-0.15, -0.1) is 0 Å². The fourth-order valence-electron chi connectivity index (χ4n) is 5.94. The van der Waals surface area contributed by atoms with Gasteiger partial charge in [-0.1, -0.05) is 81.8 Å². The van der Waals surface area contributed by atoms with E-state index in [0.717, 1.165) is 54.5 Å². The van der Waals surface area contributed by atoms with Gasteiger partial charge in [0.25, 0.3) is 0 Å². The first-order chi connectivity index (χ1) is 16.2. The van der Waals surface area contributed by atoms with Crippen molar-refractivity contribution in [2.45, 2.75) is 89.6 Å². The quantitative estimate of drug-likeness (QED) is 0.453. The van der Waals surface area contributed by atoms with Crippen LogP contribution in [0.5, 0.6) is 0 Å². The first-order valence-corrected chi connectivity index (χ1v) is 13.1. The summed E-state index contributed by atoms with van der Waals surface area (Å²) >= 11 is 0. The van der Waals surface area contributed by atoms with Crippen LogP contribution in [0.2, 0.25) is 0 Å². The summed E-state index contributed by atoms with van der Waals surface area (Å²) in [5, 5.41) is 3.48. The Morgan fingerprint density at radius 3 is 2.30 bits per heavy atom. The third-order valence-electron chi connectivity index (χ3n) is 7.81. The van der Waals surface area contributed by atoms with Gasteiger partial charge in [-0.3, -0.25) is 4.79 Å². The lowest BCUT2D eigenvalue weighted by Gasteiger charge is -2.33. The van der Waals surface area contributed by atoms with Gasteiger partial charge in [0.1, 0.15) is 11.9 Å². The highest BCUT2D eigenvalue weighted by Gasteiger charge is 2.35. The molecule has 0 unspecified atom stereocenters. The van der Waals surface area contributed by atoms with E-state index in [4.69, 9.17) is 4.98 Å². The number of carbonyl (C=O) groups excluding carboxylic acids is 1. The van der Waals surface area contributed by atoms with E-state index in [0.29, 0.717) is 12.0 Å². The lowest BCUT2D eigenvalue weighted by molar-refractivity contribution is -0.127. The van der Waals surface area contributed by atoms with Crippen LogP contribution in [0, 0.1) is 5.92 Å². The first kappa shape index (κ1) is 22.2. The lowest BCUT2D eigenvalue weighted by atomic mass is 9.82. The van der Waals surface area contributed by atoms with E-state index < -0.39 is 0 Å². The van der Waals surface area contributed by atoms with Crippen molar-refractivity contribution in [1.29, 1.82) is 0 Å². The second-order valence-corrected chi connectivity index (χ2v) is 10.0. The standard InChI is InChI=1S/C29H37N3O/c1-2-21-17-19-23(20-18-21)28-31-25-15-9-10-16-26(25)32(28)27(22-11-5-3-6-12-22)29(33)30-24-13-7-4-8-14-24/h9-10,15-20,22,24,27H,2-8,11-14H2,1H3,(H,30,33)/t27-/m0/s1. The van der Waals surface area contributed by atoms with Crippen molar-refractivity contribution in [3.8, 4) is 11.4 Å². The van der Waals surface area contributed by atoms with Crippen molar-refractivity contribution in [3.63, 3.8) is 0 Å². The molecule has 1 aromatic heterocycles. The number of nitrogens with zero attached hydrogens (tertiary/aromatic N) is 2. The number of rotatable bonds is 6. The zero-order valence-corrected chi connectivity index (χ0v) is 19.9. The predicted molar refractivity (Wildman–Crippen MR) is 135 cm³/mol. The molecule has 4 heteroatoms. The average molecular weight is 444 g/mol. The van der Waals surface area contributed by atoms with Gasteiger partial charge in [0.15, 0.2) is 0 Å². The van der Waals surface area contributed by atoms with Gasteiger partial charge in [-0.25, -0.2) is 4.98 Å². The van der Waals surface area contributed by atoms with E-state index in [1.807, 2.05) is 6.07 Å². The monoisotopic (exact) mass is 443 g/mol. The van der Waals surface area contributed by atoms with E-state index in [-0.39, 0.29) is 11.9 Å². The number of imidazole rings is 1. The summed E-state index contributed by atoms with van der Waals surface area (Å²) in [5.74, 6) is 1.48. The Hall–Kier alpha value is -2.62. The molecule has 0 spiro atoms. The molecule has 0 radical (unpaired) electrons. The Morgan fingerprint density at radius 2 is 1.61 bits per heavy atom. The van der Waals surface area contributed by atoms with E-state index >= 15 is 0 Å². The molecule has 0 bridgehead atoms. The van der Waals surface area contributed by atoms with Crippen LogP contribution in [0.3, 0.4) is 0 Å². The number of nitrogens with one attached hydrogen (secondary N) is 1. The Morgan fingerprint density at radius 1 is 0.939 bits per heavy atom. The Labute approximate surface area is 197 Å². The van der Waals surface area contributed by atoms with Crippen molar-refractivity contribution in [2.75, 3.05) is 0 Å². The maximum atomic E-state index is 14.0. The topological polar surface area (TPSA) is 46.9 Å². The highest BCUT2D eigenvalue weighted by molar-refractivity contribution is 5.87. The molecule has 0 saturated heterocycles. The van der Waals surface area contributed by atoms with Gasteiger partial charge in [0.2, 0.25) is 5.91 Å². The molecular weight excluding hydrogens is 406 g/mol. The minimum absolute atomic E-state index is 0.198. The third kappa shape index (κ3) is 4.71. The van der Waals surface area contributed by atoms with Crippen LogP contribution < -0.4 is 5.32 Å². The highest BCUT2D eigenvalue weighted by atomic mass is 16.2. The smallest absolute Gasteiger partial charge is 0.243 e. The molecule has 2 aromatic carbocycles. The van der Waals surface area contributed by atoms with Crippen molar-refractivity contribution < 1.29 is 4.79 Å². The molecule has 1 amide bonds. The largest absolute Gasteiger partial charge is 0.352 e. The second kappa shape index (κ2) is 10.1. The number of para-hydroxylation sites is 2. The first-order valence-electron chi connectivity index (χ1n) is 13.1. The van der Waals surface area contributed by atoms with Crippen molar-refractivity contribution in [1.82, 2.24) is 14.9 Å². The number of carbonyl (C=O) groups is 1. The summed E-state index contributed by atoms with van der Waals surface area (Å²) in [6.45, 7) is 2.18. The third-order valence-corrected chi connectivity index (χ3v) is 7.81. The molecule has 2 saturated carbocycles. The number of aryl methyl sites for hydroxylation is 1. The van der Waals surface area contributed by atoms with Crippen LogP contribution in [-0.2, 0) is 11.2 Å². The fraction of sp³-hybridized carbons (Fsp3) is 0.517. The Bertz CT molecular complexity index is 1070. The minimum Gasteiger partial charge on any atom is -0.352 e. The number of fused-ring (bicyclic) bond motifs is 1. The van der Waals surface area contributed by atoms with Gasteiger partial charge in [0, 0.05) is 11.6 Å². The summed E-state index contributed by atoms with van der Waals surface area (Å²) < 4.78 is 2.28. The van der Waals surface area contributed by atoms with Gasteiger partial charge in [-0.2, -0.15) is 0 Å². The van der Waals surface area contributed by atoms with Crippen LogP contribution in [-0.4, -0.2) is 21.5 Å². The normalized spacial score (nSPS) is 18.9. The molecule has 1 atom stereocenters. The summed E-state index contributed by atoms with van der Waals surface area (Å²) in [6.07, 6.45) is 12.9. The summed E-state index contributed by atoms with van der Waals surface area (Å²) in [6, 6.07) is 17.2. The Kier molecular flexibility index (Phi) is 6.80. The molecule has 1 heterocycles.